The third kappa shape index (κ3) is 5.43. The summed E-state index contributed by atoms with van der Waals surface area (Å²) < 4.78 is 8.62. The van der Waals surface area contributed by atoms with Crippen LogP contribution in [0.25, 0.3) is 5.69 Å². The van der Waals surface area contributed by atoms with Crippen molar-refractivity contribution in [1.82, 2.24) is 9.78 Å². The fourth-order valence-electron chi connectivity index (χ4n) is 6.41. The first-order chi connectivity index (χ1) is 22.2. The molecule has 0 atom stereocenters. The third-order valence-corrected chi connectivity index (χ3v) is 9.48. The molecule has 0 fully saturated rings. The van der Waals surface area contributed by atoms with Gasteiger partial charge in [0.25, 0.3) is 0 Å². The largest absolute Gasteiger partial charge is 0.457 e. The van der Waals surface area contributed by atoms with E-state index in [0.717, 1.165) is 35.1 Å². The molecule has 0 aliphatic carbocycles. The highest BCUT2D eigenvalue weighted by Crippen LogP contribution is 2.44. The van der Waals surface area contributed by atoms with Gasteiger partial charge < -0.3 is 14.5 Å². The Morgan fingerprint density at radius 3 is 1.87 bits per heavy atom. The molecule has 46 heavy (non-hydrogen) atoms. The molecule has 0 saturated carbocycles. The molecule has 1 aromatic heterocycles. The Morgan fingerprint density at radius 2 is 1.17 bits per heavy atom. The van der Waals surface area contributed by atoms with Gasteiger partial charge in [0, 0.05) is 47.5 Å². The molecular weight excluding hydrogens is 564 g/mol. The average Bonchev–Trinajstić information content (AvgIpc) is 3.72. The highest BCUT2D eigenvalue weighted by molar-refractivity contribution is 5.82. The number of para-hydroxylation sites is 2. The molecule has 230 valence electrons. The topological polar surface area (TPSA) is 33.5 Å². The number of hydrogen-bond acceptors (Lipinski definition) is 4. The molecule has 5 heteroatoms. The van der Waals surface area contributed by atoms with E-state index in [4.69, 9.17) is 9.84 Å². The van der Waals surface area contributed by atoms with E-state index in [-0.39, 0.29) is 10.8 Å². The maximum absolute atomic E-state index is 6.69. The van der Waals surface area contributed by atoms with Crippen molar-refractivity contribution in [2.24, 2.45) is 0 Å². The molecule has 5 aromatic carbocycles. The van der Waals surface area contributed by atoms with Gasteiger partial charge in [0.05, 0.1) is 29.9 Å². The molecule has 0 N–H and O–H groups in total. The molecule has 0 radical (unpaired) electrons. The van der Waals surface area contributed by atoms with Gasteiger partial charge in [0.15, 0.2) is 0 Å². The zero-order valence-electron chi connectivity index (χ0n) is 27.2. The van der Waals surface area contributed by atoms with Crippen LogP contribution in [0, 0.1) is 0 Å². The monoisotopic (exact) mass is 604 g/mol. The summed E-state index contributed by atoms with van der Waals surface area (Å²) in [6.07, 6.45) is 4.08. The maximum Gasteiger partial charge on any atom is 0.129 e. The van der Waals surface area contributed by atoms with Crippen molar-refractivity contribution in [3.05, 3.63) is 162 Å². The van der Waals surface area contributed by atoms with Crippen LogP contribution in [-0.2, 0) is 10.8 Å². The first-order valence-corrected chi connectivity index (χ1v) is 15.9. The van der Waals surface area contributed by atoms with Crippen LogP contribution in [0.1, 0.15) is 49.9 Å². The smallest absolute Gasteiger partial charge is 0.129 e. The quantitative estimate of drug-likeness (QED) is 0.173. The van der Waals surface area contributed by atoms with Crippen LogP contribution in [0.15, 0.2) is 140 Å². The summed E-state index contributed by atoms with van der Waals surface area (Å²) in [5.74, 6) is 1.56. The number of ether oxygens (including phenoxy) is 1. The van der Waals surface area contributed by atoms with E-state index in [1.54, 1.807) is 0 Å². The predicted octanol–water partition coefficient (Wildman–Crippen LogP) is 9.86. The fourth-order valence-corrected chi connectivity index (χ4v) is 6.41. The number of rotatable bonds is 8. The zero-order valence-corrected chi connectivity index (χ0v) is 27.2. The van der Waals surface area contributed by atoms with Crippen molar-refractivity contribution >= 4 is 17.1 Å². The molecule has 0 amide bonds. The number of nitrogens with zero attached hydrogens (tertiary/aromatic N) is 4. The van der Waals surface area contributed by atoms with Crippen molar-refractivity contribution in [2.75, 3.05) is 23.5 Å². The Morgan fingerprint density at radius 1 is 0.565 bits per heavy atom. The highest BCUT2D eigenvalue weighted by atomic mass is 16.5. The van der Waals surface area contributed by atoms with Crippen LogP contribution in [0.3, 0.4) is 0 Å². The van der Waals surface area contributed by atoms with Gasteiger partial charge in [-0.2, -0.15) is 5.10 Å². The standard InChI is InChI=1S/C41H40N4O/c1-40(2,30-15-8-6-9-16-30)32-23-35(44-29-43(5)38-21-12-13-22-39(38)44)26-37(24-32)46-36-20-14-19-34(25-36)45-28-33(27-42-45)41(3,4)31-17-10-7-11-18-31/h6-28H,29H2,1-5H3. The van der Waals surface area contributed by atoms with Crippen LogP contribution >= 0.6 is 0 Å². The van der Waals surface area contributed by atoms with E-state index in [2.05, 4.69) is 166 Å². The second-order valence-electron chi connectivity index (χ2n) is 13.2. The molecule has 0 saturated heterocycles. The van der Waals surface area contributed by atoms with E-state index < -0.39 is 0 Å². The summed E-state index contributed by atoms with van der Waals surface area (Å²) in [4.78, 5) is 4.65. The molecule has 1 aliphatic heterocycles. The Bertz CT molecular complexity index is 1980. The lowest BCUT2D eigenvalue weighted by Crippen LogP contribution is -2.25. The summed E-state index contributed by atoms with van der Waals surface area (Å²) in [7, 11) is 2.14. The third-order valence-electron chi connectivity index (χ3n) is 9.48. The van der Waals surface area contributed by atoms with Gasteiger partial charge in [-0.3, -0.25) is 0 Å². The van der Waals surface area contributed by atoms with Gasteiger partial charge in [0.2, 0.25) is 0 Å². The minimum atomic E-state index is -0.237. The summed E-state index contributed by atoms with van der Waals surface area (Å²) in [6, 6.07) is 44.6. The zero-order chi connectivity index (χ0) is 31.9. The minimum Gasteiger partial charge on any atom is -0.457 e. The summed E-state index contributed by atoms with van der Waals surface area (Å²) >= 11 is 0. The molecule has 6 aromatic rings. The van der Waals surface area contributed by atoms with Gasteiger partial charge in [0.1, 0.15) is 11.5 Å². The van der Waals surface area contributed by atoms with Gasteiger partial charge >= 0.3 is 0 Å². The molecule has 5 nitrogen and oxygen atoms in total. The summed E-state index contributed by atoms with van der Waals surface area (Å²) in [5, 5.41) is 4.75. The molecule has 0 spiro atoms. The van der Waals surface area contributed by atoms with Crippen LogP contribution < -0.4 is 14.5 Å². The SMILES string of the molecule is CN1CN(c2cc(Oc3cccc(-n4cc(C(C)(C)c5ccccc5)cn4)c3)cc(C(C)(C)c3ccccc3)c2)c2ccccc21. The Balaban J connectivity index is 1.24. The van der Waals surface area contributed by atoms with E-state index in [1.807, 2.05) is 23.0 Å². The van der Waals surface area contributed by atoms with E-state index in [1.165, 1.54) is 28.1 Å². The maximum atomic E-state index is 6.69. The molecule has 1 aliphatic rings. The van der Waals surface area contributed by atoms with Crippen molar-refractivity contribution < 1.29 is 4.74 Å². The lowest BCUT2D eigenvalue weighted by molar-refractivity contribution is 0.479. The fraction of sp³-hybridized carbons (Fsp3) is 0.195. The normalized spacial score (nSPS) is 13.2. The van der Waals surface area contributed by atoms with Crippen LogP contribution in [0.4, 0.5) is 17.1 Å². The molecule has 0 bridgehead atoms. The second kappa shape index (κ2) is 11.6. The Hall–Kier alpha value is -5.29. The first kappa shape index (κ1) is 29.4. The van der Waals surface area contributed by atoms with Gasteiger partial charge in [-0.15, -0.1) is 0 Å². The Kier molecular flexibility index (Phi) is 7.40. The van der Waals surface area contributed by atoms with Crippen LogP contribution in [0.2, 0.25) is 0 Å². The van der Waals surface area contributed by atoms with Crippen molar-refractivity contribution in [1.29, 1.82) is 0 Å². The van der Waals surface area contributed by atoms with Gasteiger partial charge in [-0.1, -0.05) is 107 Å². The van der Waals surface area contributed by atoms with E-state index >= 15 is 0 Å². The lowest BCUT2D eigenvalue weighted by Gasteiger charge is -2.29. The summed E-state index contributed by atoms with van der Waals surface area (Å²) in [6.45, 7) is 9.80. The molecular formula is C41H40N4O. The lowest BCUT2D eigenvalue weighted by atomic mass is 9.78. The number of benzene rings is 5. The minimum absolute atomic E-state index is 0.168. The number of aromatic nitrogens is 2. The molecule has 0 unspecified atom stereocenters. The van der Waals surface area contributed by atoms with Gasteiger partial charge in [-0.05, 0) is 53.1 Å². The van der Waals surface area contributed by atoms with Crippen molar-refractivity contribution in [2.45, 2.75) is 38.5 Å². The van der Waals surface area contributed by atoms with E-state index in [9.17, 15) is 0 Å². The molecule has 7 rings (SSSR count). The van der Waals surface area contributed by atoms with Crippen LogP contribution in [0.5, 0.6) is 11.5 Å². The Labute approximate surface area is 272 Å². The molecule has 2 heterocycles. The highest BCUT2D eigenvalue weighted by Gasteiger charge is 2.29. The predicted molar refractivity (Wildman–Crippen MR) is 189 cm³/mol. The van der Waals surface area contributed by atoms with Gasteiger partial charge in [-0.25, -0.2) is 4.68 Å². The average molecular weight is 605 g/mol. The number of fused-ring (bicyclic) bond motifs is 1. The number of anilines is 3. The number of hydrogen-bond donors (Lipinski definition) is 0. The van der Waals surface area contributed by atoms with Crippen LogP contribution in [-0.4, -0.2) is 23.5 Å². The van der Waals surface area contributed by atoms with Crippen molar-refractivity contribution in [3.63, 3.8) is 0 Å². The van der Waals surface area contributed by atoms with Crippen molar-refractivity contribution in [3.8, 4) is 17.2 Å². The first-order valence-electron chi connectivity index (χ1n) is 15.9. The second-order valence-corrected chi connectivity index (χ2v) is 13.2. The summed E-state index contributed by atoms with van der Waals surface area (Å²) in [5.41, 5.74) is 8.92. The van der Waals surface area contributed by atoms with E-state index in [0.29, 0.717) is 0 Å².